The van der Waals surface area contributed by atoms with Gasteiger partial charge in [0.25, 0.3) is 0 Å². The van der Waals surface area contributed by atoms with Crippen LogP contribution in [-0.4, -0.2) is 16.1 Å². The van der Waals surface area contributed by atoms with Gasteiger partial charge in [-0.1, -0.05) is 18.1 Å². The van der Waals surface area contributed by atoms with Crippen molar-refractivity contribution in [3.8, 4) is 11.8 Å². The molecule has 1 aliphatic heterocycles. The van der Waals surface area contributed by atoms with Gasteiger partial charge in [0.2, 0.25) is 0 Å². The molecule has 0 aliphatic carbocycles. The number of rotatable bonds is 2. The van der Waals surface area contributed by atoms with E-state index >= 15 is 0 Å². The lowest BCUT2D eigenvalue weighted by molar-refractivity contribution is 0.132. The Morgan fingerprint density at radius 2 is 1.96 bits per heavy atom. The molecule has 3 heterocycles. The van der Waals surface area contributed by atoms with E-state index in [-0.39, 0.29) is 5.82 Å². The van der Waals surface area contributed by atoms with Gasteiger partial charge in [0.15, 0.2) is 6.10 Å². The first-order valence-corrected chi connectivity index (χ1v) is 8.30. The Morgan fingerprint density at radius 1 is 1.04 bits per heavy atom. The van der Waals surface area contributed by atoms with Crippen LogP contribution in [0.4, 0.5) is 9.18 Å². The monoisotopic (exact) mass is 359 g/mol. The average molecular weight is 359 g/mol. The third kappa shape index (κ3) is 3.77. The maximum absolute atomic E-state index is 13.6. The van der Waals surface area contributed by atoms with E-state index in [2.05, 4.69) is 27.1 Å². The van der Waals surface area contributed by atoms with Crippen LogP contribution in [0.5, 0.6) is 0 Å². The highest BCUT2D eigenvalue weighted by Gasteiger charge is 2.36. The molecule has 6 heteroatoms. The zero-order valence-electron chi connectivity index (χ0n) is 14.1. The largest absolute Gasteiger partial charge is 0.439 e. The number of carbonyl (C=O) groups excluding carboxylic acids is 1. The first-order valence-electron chi connectivity index (χ1n) is 8.30. The number of amides is 1. The number of pyridine rings is 2. The zero-order valence-corrected chi connectivity index (χ0v) is 14.1. The maximum atomic E-state index is 13.6. The summed E-state index contributed by atoms with van der Waals surface area (Å²) in [6.45, 7) is 0. The topological polar surface area (TPSA) is 64.1 Å². The van der Waals surface area contributed by atoms with Crippen LogP contribution in [0.25, 0.3) is 0 Å². The molecule has 4 rings (SSSR count). The third-order valence-corrected chi connectivity index (χ3v) is 4.13. The van der Waals surface area contributed by atoms with Crippen LogP contribution < -0.4 is 5.32 Å². The summed E-state index contributed by atoms with van der Waals surface area (Å²) in [5.41, 5.74) is 2.69. The van der Waals surface area contributed by atoms with E-state index in [1.54, 1.807) is 42.9 Å². The van der Waals surface area contributed by atoms with Crippen molar-refractivity contribution in [2.45, 2.75) is 12.1 Å². The van der Waals surface area contributed by atoms with Gasteiger partial charge in [-0.05, 0) is 53.4 Å². The SMILES string of the molecule is O=C1N[C@H](c2ccnc(C#Cc3cccnc3)c2)[C@@H](c2cccc(F)c2)O1. The van der Waals surface area contributed by atoms with Gasteiger partial charge in [-0.25, -0.2) is 14.2 Å². The molecule has 0 bridgehead atoms. The molecule has 0 unspecified atom stereocenters. The van der Waals surface area contributed by atoms with Gasteiger partial charge in [-0.2, -0.15) is 0 Å². The second-order valence-corrected chi connectivity index (χ2v) is 5.97. The summed E-state index contributed by atoms with van der Waals surface area (Å²) in [4.78, 5) is 20.1. The van der Waals surface area contributed by atoms with Crippen LogP contribution in [0.1, 0.15) is 34.5 Å². The van der Waals surface area contributed by atoms with E-state index in [9.17, 15) is 9.18 Å². The van der Waals surface area contributed by atoms with Gasteiger partial charge in [-0.15, -0.1) is 0 Å². The molecule has 27 heavy (non-hydrogen) atoms. The Bertz CT molecular complexity index is 1040. The summed E-state index contributed by atoms with van der Waals surface area (Å²) in [6.07, 6.45) is 3.79. The van der Waals surface area contributed by atoms with Gasteiger partial charge in [0.05, 0.1) is 6.04 Å². The average Bonchev–Trinajstić information content (AvgIpc) is 3.09. The molecule has 0 saturated carbocycles. The lowest BCUT2D eigenvalue weighted by atomic mass is 9.96. The summed E-state index contributed by atoms with van der Waals surface area (Å²) in [5.74, 6) is 5.60. The van der Waals surface area contributed by atoms with Crippen LogP contribution in [0.2, 0.25) is 0 Å². The van der Waals surface area contributed by atoms with Gasteiger partial charge in [0.1, 0.15) is 11.5 Å². The number of hydrogen-bond donors (Lipinski definition) is 1. The number of hydrogen-bond acceptors (Lipinski definition) is 4. The Kier molecular flexibility index (Phi) is 4.50. The fourth-order valence-electron chi connectivity index (χ4n) is 2.90. The molecule has 132 valence electrons. The molecule has 1 fully saturated rings. The summed E-state index contributed by atoms with van der Waals surface area (Å²) in [6, 6.07) is 12.8. The smallest absolute Gasteiger partial charge is 0.408 e. The highest BCUT2D eigenvalue weighted by atomic mass is 19.1. The number of cyclic esters (lactones) is 1. The number of nitrogens with zero attached hydrogens (tertiary/aromatic N) is 2. The normalized spacial score (nSPS) is 18.2. The molecular formula is C21H14FN3O2. The van der Waals surface area contributed by atoms with E-state index < -0.39 is 18.2 Å². The Labute approximate surface area is 155 Å². The van der Waals surface area contributed by atoms with Crippen molar-refractivity contribution in [3.05, 3.63) is 95.3 Å². The summed E-state index contributed by atoms with van der Waals surface area (Å²) in [5, 5.41) is 2.77. The van der Waals surface area contributed by atoms with Gasteiger partial charge < -0.3 is 10.1 Å². The van der Waals surface area contributed by atoms with E-state index in [4.69, 9.17) is 4.74 Å². The fourth-order valence-corrected chi connectivity index (χ4v) is 2.90. The predicted molar refractivity (Wildman–Crippen MR) is 96.0 cm³/mol. The molecule has 2 atom stereocenters. The standard InChI is InChI=1S/C21H14FN3O2/c22-17-5-1-4-16(11-17)20-19(25-21(26)27-20)15-8-10-24-18(12-15)7-6-14-3-2-9-23-13-14/h1-5,8-13,19-20H,(H,25,26)/t19-,20-/m1/s1. The molecule has 0 spiro atoms. The summed E-state index contributed by atoms with van der Waals surface area (Å²) in [7, 11) is 0. The molecule has 0 radical (unpaired) electrons. The number of ether oxygens (including phenoxy) is 1. The molecule has 1 N–H and O–H groups in total. The first kappa shape index (κ1) is 16.7. The minimum absolute atomic E-state index is 0.382. The number of alkyl carbamates (subject to hydrolysis) is 1. The Hall–Kier alpha value is -3.72. The van der Waals surface area contributed by atoms with E-state index in [0.717, 1.165) is 11.1 Å². The summed E-state index contributed by atoms with van der Waals surface area (Å²) < 4.78 is 18.9. The summed E-state index contributed by atoms with van der Waals surface area (Å²) >= 11 is 0. The van der Waals surface area contributed by atoms with Crippen LogP contribution in [0.3, 0.4) is 0 Å². The van der Waals surface area contributed by atoms with Crippen molar-refractivity contribution < 1.29 is 13.9 Å². The maximum Gasteiger partial charge on any atom is 0.408 e. The van der Waals surface area contributed by atoms with Crippen molar-refractivity contribution in [3.63, 3.8) is 0 Å². The number of benzene rings is 1. The molecule has 1 aromatic carbocycles. The van der Waals surface area contributed by atoms with E-state index in [1.165, 1.54) is 12.1 Å². The van der Waals surface area contributed by atoms with E-state index in [0.29, 0.717) is 11.3 Å². The second kappa shape index (κ2) is 7.26. The highest BCUT2D eigenvalue weighted by Crippen LogP contribution is 2.36. The van der Waals surface area contributed by atoms with Crippen molar-refractivity contribution in [1.29, 1.82) is 0 Å². The third-order valence-electron chi connectivity index (χ3n) is 4.13. The zero-order chi connectivity index (χ0) is 18.6. The van der Waals surface area contributed by atoms with Crippen molar-refractivity contribution in [2.24, 2.45) is 0 Å². The van der Waals surface area contributed by atoms with Crippen LogP contribution in [-0.2, 0) is 4.74 Å². The van der Waals surface area contributed by atoms with Gasteiger partial charge in [0, 0.05) is 24.2 Å². The quantitative estimate of drug-likeness (QED) is 0.711. The van der Waals surface area contributed by atoms with Crippen molar-refractivity contribution in [2.75, 3.05) is 0 Å². The molecule has 5 nitrogen and oxygen atoms in total. The number of nitrogens with one attached hydrogen (secondary N) is 1. The van der Waals surface area contributed by atoms with E-state index in [1.807, 2.05) is 12.1 Å². The highest BCUT2D eigenvalue weighted by molar-refractivity contribution is 5.71. The van der Waals surface area contributed by atoms with Crippen molar-refractivity contribution in [1.82, 2.24) is 15.3 Å². The van der Waals surface area contributed by atoms with Crippen molar-refractivity contribution >= 4 is 6.09 Å². The Morgan fingerprint density at radius 3 is 2.78 bits per heavy atom. The Balaban J connectivity index is 1.64. The number of halogens is 1. The van der Waals surface area contributed by atoms with Gasteiger partial charge in [-0.3, -0.25) is 4.98 Å². The predicted octanol–water partition coefficient (Wildman–Crippen LogP) is 3.54. The lowest BCUT2D eigenvalue weighted by Crippen LogP contribution is -2.19. The molecule has 1 saturated heterocycles. The molecule has 2 aromatic heterocycles. The number of carbonyl (C=O) groups is 1. The minimum atomic E-state index is -0.630. The van der Waals surface area contributed by atoms with Gasteiger partial charge >= 0.3 is 6.09 Å². The first-order chi connectivity index (χ1) is 13.2. The fraction of sp³-hybridized carbons (Fsp3) is 0.0952. The molecule has 1 aliphatic rings. The molecule has 3 aromatic rings. The lowest BCUT2D eigenvalue weighted by Gasteiger charge is -2.17. The number of aromatic nitrogens is 2. The van der Waals surface area contributed by atoms with Crippen LogP contribution in [0.15, 0.2) is 67.1 Å². The minimum Gasteiger partial charge on any atom is -0.439 e. The molecule has 1 amide bonds. The van der Waals surface area contributed by atoms with Crippen LogP contribution in [0, 0.1) is 17.7 Å². The molecular weight excluding hydrogens is 345 g/mol. The van der Waals surface area contributed by atoms with Crippen LogP contribution >= 0.6 is 0 Å². The second-order valence-electron chi connectivity index (χ2n) is 5.97.